The van der Waals surface area contributed by atoms with Gasteiger partial charge in [-0.1, -0.05) is 0 Å². The van der Waals surface area contributed by atoms with E-state index in [0.717, 1.165) is 30.8 Å². The van der Waals surface area contributed by atoms with Crippen molar-refractivity contribution in [1.82, 2.24) is 0 Å². The van der Waals surface area contributed by atoms with Crippen LogP contribution in [0, 0.1) is 18.3 Å². The Morgan fingerprint density at radius 1 is 1.50 bits per heavy atom. The molecule has 1 aromatic rings. The van der Waals surface area contributed by atoms with Gasteiger partial charge in [-0.3, -0.25) is 0 Å². The highest BCUT2D eigenvalue weighted by Crippen LogP contribution is 2.23. The predicted molar refractivity (Wildman–Crippen MR) is 63.5 cm³/mol. The maximum Gasteiger partial charge on any atom is 0.0991 e. The third-order valence-corrected chi connectivity index (χ3v) is 2.91. The van der Waals surface area contributed by atoms with Crippen molar-refractivity contribution < 1.29 is 4.74 Å². The highest BCUT2D eigenvalue weighted by molar-refractivity contribution is 5.56. The number of rotatable bonds is 1. The van der Waals surface area contributed by atoms with E-state index in [1.165, 1.54) is 5.69 Å². The van der Waals surface area contributed by atoms with E-state index >= 15 is 0 Å². The average molecular weight is 216 g/mol. The van der Waals surface area contributed by atoms with Gasteiger partial charge in [0.1, 0.15) is 0 Å². The topological polar surface area (TPSA) is 36.3 Å². The molecule has 0 spiro atoms. The number of morpholine rings is 1. The molecule has 1 atom stereocenters. The third kappa shape index (κ3) is 2.17. The van der Waals surface area contributed by atoms with Crippen molar-refractivity contribution in [2.24, 2.45) is 0 Å². The number of ether oxygens (including phenoxy) is 1. The quantitative estimate of drug-likeness (QED) is 0.721. The van der Waals surface area contributed by atoms with Crippen molar-refractivity contribution in [3.8, 4) is 6.07 Å². The summed E-state index contributed by atoms with van der Waals surface area (Å²) in [6.07, 6.45) is 0.281. The van der Waals surface area contributed by atoms with E-state index in [4.69, 9.17) is 10.00 Å². The number of anilines is 1. The number of benzene rings is 1. The van der Waals surface area contributed by atoms with Crippen LogP contribution in [0.2, 0.25) is 0 Å². The number of nitriles is 1. The fraction of sp³-hybridized carbons (Fsp3) is 0.462. The minimum absolute atomic E-state index is 0.281. The van der Waals surface area contributed by atoms with Gasteiger partial charge >= 0.3 is 0 Å². The van der Waals surface area contributed by atoms with Crippen molar-refractivity contribution >= 4 is 5.69 Å². The zero-order valence-corrected chi connectivity index (χ0v) is 9.73. The minimum atomic E-state index is 0.281. The summed E-state index contributed by atoms with van der Waals surface area (Å²) in [4.78, 5) is 2.32. The summed E-state index contributed by atoms with van der Waals surface area (Å²) >= 11 is 0. The number of hydrogen-bond donors (Lipinski definition) is 0. The zero-order valence-electron chi connectivity index (χ0n) is 9.73. The first-order valence-corrected chi connectivity index (χ1v) is 5.58. The van der Waals surface area contributed by atoms with Crippen molar-refractivity contribution in [2.75, 3.05) is 24.6 Å². The Hall–Kier alpha value is -1.53. The normalized spacial score (nSPS) is 20.6. The molecule has 1 heterocycles. The fourth-order valence-corrected chi connectivity index (χ4v) is 2.12. The molecule has 0 amide bonds. The van der Waals surface area contributed by atoms with E-state index in [2.05, 4.69) is 24.8 Å². The van der Waals surface area contributed by atoms with Gasteiger partial charge in [0.25, 0.3) is 0 Å². The van der Waals surface area contributed by atoms with Gasteiger partial charge in [0.2, 0.25) is 0 Å². The lowest BCUT2D eigenvalue weighted by atomic mass is 10.1. The Kier molecular flexibility index (Phi) is 3.12. The van der Waals surface area contributed by atoms with Gasteiger partial charge in [0.15, 0.2) is 0 Å². The molecule has 1 aromatic carbocycles. The molecule has 1 aliphatic rings. The first kappa shape index (κ1) is 11.0. The molecular weight excluding hydrogens is 200 g/mol. The number of aryl methyl sites for hydroxylation is 1. The summed E-state index contributed by atoms with van der Waals surface area (Å²) in [6, 6.07) is 8.01. The summed E-state index contributed by atoms with van der Waals surface area (Å²) in [6.45, 7) is 6.77. The zero-order chi connectivity index (χ0) is 11.5. The molecule has 0 saturated carbocycles. The number of hydrogen-bond acceptors (Lipinski definition) is 3. The SMILES string of the molecule is Cc1cc(C#N)ccc1N1CCO[C@@H](C)C1. The van der Waals surface area contributed by atoms with E-state index in [9.17, 15) is 0 Å². The molecule has 0 aromatic heterocycles. The predicted octanol–water partition coefficient (Wildman–Crippen LogP) is 2.09. The van der Waals surface area contributed by atoms with E-state index in [0.29, 0.717) is 0 Å². The second-order valence-electron chi connectivity index (χ2n) is 4.24. The molecule has 0 N–H and O–H groups in total. The summed E-state index contributed by atoms with van der Waals surface area (Å²) in [5.41, 5.74) is 3.10. The van der Waals surface area contributed by atoms with Gasteiger partial charge < -0.3 is 9.64 Å². The molecule has 3 heteroatoms. The lowest BCUT2D eigenvalue weighted by Crippen LogP contribution is -2.41. The maximum absolute atomic E-state index is 8.82. The Morgan fingerprint density at radius 3 is 2.94 bits per heavy atom. The van der Waals surface area contributed by atoms with E-state index in [1.807, 2.05) is 18.2 Å². The van der Waals surface area contributed by atoms with Crippen LogP contribution < -0.4 is 4.90 Å². The van der Waals surface area contributed by atoms with E-state index in [-0.39, 0.29) is 6.10 Å². The van der Waals surface area contributed by atoms with E-state index in [1.54, 1.807) is 0 Å². The molecule has 1 aliphatic heterocycles. The summed E-state index contributed by atoms with van der Waals surface area (Å²) in [5.74, 6) is 0. The molecule has 0 bridgehead atoms. The van der Waals surface area contributed by atoms with Crippen molar-refractivity contribution in [3.05, 3.63) is 29.3 Å². The summed E-state index contributed by atoms with van der Waals surface area (Å²) < 4.78 is 5.52. The molecule has 3 nitrogen and oxygen atoms in total. The smallest absolute Gasteiger partial charge is 0.0991 e. The van der Waals surface area contributed by atoms with Crippen LogP contribution in [0.1, 0.15) is 18.1 Å². The summed E-state index contributed by atoms with van der Waals surface area (Å²) in [7, 11) is 0. The van der Waals surface area contributed by atoms with Crippen LogP contribution >= 0.6 is 0 Å². The Bertz CT molecular complexity index is 422. The van der Waals surface area contributed by atoms with Crippen LogP contribution in [-0.4, -0.2) is 25.8 Å². The van der Waals surface area contributed by atoms with Crippen LogP contribution in [0.4, 0.5) is 5.69 Å². The molecular formula is C13H16N2O. The minimum Gasteiger partial charge on any atom is -0.375 e. The first-order chi connectivity index (χ1) is 7.70. The Morgan fingerprint density at radius 2 is 2.31 bits per heavy atom. The van der Waals surface area contributed by atoms with Crippen molar-refractivity contribution in [2.45, 2.75) is 20.0 Å². The Balaban J connectivity index is 2.23. The average Bonchev–Trinajstić information content (AvgIpc) is 2.28. The standard InChI is InChI=1S/C13H16N2O/c1-10-7-12(8-14)3-4-13(10)15-5-6-16-11(2)9-15/h3-4,7,11H,5-6,9H2,1-2H3/t11-/m0/s1. The highest BCUT2D eigenvalue weighted by atomic mass is 16.5. The highest BCUT2D eigenvalue weighted by Gasteiger charge is 2.18. The first-order valence-electron chi connectivity index (χ1n) is 5.58. The summed E-state index contributed by atoms with van der Waals surface area (Å²) in [5, 5.41) is 8.82. The van der Waals surface area contributed by atoms with Crippen LogP contribution in [-0.2, 0) is 4.74 Å². The fourth-order valence-electron chi connectivity index (χ4n) is 2.12. The van der Waals surface area contributed by atoms with Gasteiger partial charge in [0.05, 0.1) is 24.3 Å². The Labute approximate surface area is 96.2 Å². The third-order valence-electron chi connectivity index (χ3n) is 2.91. The van der Waals surface area contributed by atoms with Crippen LogP contribution in [0.25, 0.3) is 0 Å². The lowest BCUT2D eigenvalue weighted by molar-refractivity contribution is 0.0532. The van der Waals surface area contributed by atoms with Gasteiger partial charge in [-0.25, -0.2) is 0 Å². The number of nitrogens with zero attached hydrogens (tertiary/aromatic N) is 2. The second-order valence-corrected chi connectivity index (χ2v) is 4.24. The van der Waals surface area contributed by atoms with Crippen LogP contribution in [0.5, 0.6) is 0 Å². The maximum atomic E-state index is 8.82. The molecule has 0 radical (unpaired) electrons. The van der Waals surface area contributed by atoms with Gasteiger partial charge in [-0.05, 0) is 37.6 Å². The molecule has 2 rings (SSSR count). The van der Waals surface area contributed by atoms with Crippen molar-refractivity contribution in [3.63, 3.8) is 0 Å². The van der Waals surface area contributed by atoms with Gasteiger partial charge in [-0.2, -0.15) is 5.26 Å². The molecule has 0 unspecified atom stereocenters. The van der Waals surface area contributed by atoms with Gasteiger partial charge in [-0.15, -0.1) is 0 Å². The molecule has 16 heavy (non-hydrogen) atoms. The monoisotopic (exact) mass is 216 g/mol. The van der Waals surface area contributed by atoms with Crippen LogP contribution in [0.15, 0.2) is 18.2 Å². The molecule has 0 aliphatic carbocycles. The van der Waals surface area contributed by atoms with E-state index < -0.39 is 0 Å². The molecule has 1 fully saturated rings. The lowest BCUT2D eigenvalue weighted by Gasteiger charge is -2.33. The second kappa shape index (κ2) is 4.54. The molecule has 1 saturated heterocycles. The molecule has 84 valence electrons. The van der Waals surface area contributed by atoms with Gasteiger partial charge in [0, 0.05) is 18.8 Å². The largest absolute Gasteiger partial charge is 0.375 e. The van der Waals surface area contributed by atoms with Crippen LogP contribution in [0.3, 0.4) is 0 Å². The van der Waals surface area contributed by atoms with Crippen molar-refractivity contribution in [1.29, 1.82) is 5.26 Å².